The van der Waals surface area contributed by atoms with Crippen molar-refractivity contribution in [3.05, 3.63) is 54.1 Å². The standard InChI is InChI=1S/C26H32N2O2/c1-27-17-14-24(18-25(27)21-6-7-21)30-23-12-10-20(11-13-23)19-4-8-22(9-5-19)26(29)28-15-2-3-16-28/h4-5,8-13,21,24-25H,2-3,6-7,14-18H2,1H3. The molecule has 2 aromatic carbocycles. The molecule has 0 radical (unpaired) electrons. The van der Waals surface area contributed by atoms with E-state index in [1.165, 1.54) is 12.8 Å². The second-order valence-electron chi connectivity index (χ2n) is 9.25. The number of ether oxygens (including phenoxy) is 1. The second kappa shape index (κ2) is 8.43. The first kappa shape index (κ1) is 19.6. The summed E-state index contributed by atoms with van der Waals surface area (Å²) in [5.41, 5.74) is 3.07. The third-order valence-electron chi connectivity index (χ3n) is 7.06. The minimum absolute atomic E-state index is 0.158. The van der Waals surface area contributed by atoms with Crippen molar-refractivity contribution in [2.75, 3.05) is 26.7 Å². The highest BCUT2D eigenvalue weighted by Crippen LogP contribution is 2.39. The van der Waals surface area contributed by atoms with E-state index in [1.54, 1.807) is 0 Å². The number of carbonyl (C=O) groups is 1. The van der Waals surface area contributed by atoms with Crippen LogP contribution in [0, 0.1) is 5.92 Å². The largest absolute Gasteiger partial charge is 0.490 e. The fourth-order valence-electron chi connectivity index (χ4n) is 5.05. The van der Waals surface area contributed by atoms with E-state index in [4.69, 9.17) is 4.74 Å². The number of piperidine rings is 1. The van der Waals surface area contributed by atoms with Gasteiger partial charge in [-0.1, -0.05) is 24.3 Å². The van der Waals surface area contributed by atoms with Crippen molar-refractivity contribution in [1.82, 2.24) is 9.80 Å². The molecule has 0 spiro atoms. The maximum Gasteiger partial charge on any atom is 0.253 e. The van der Waals surface area contributed by atoms with Crippen LogP contribution in [0.25, 0.3) is 11.1 Å². The number of rotatable bonds is 5. The molecule has 1 aliphatic carbocycles. The summed E-state index contributed by atoms with van der Waals surface area (Å²) in [4.78, 5) is 17.0. The Morgan fingerprint density at radius 1 is 0.867 bits per heavy atom. The van der Waals surface area contributed by atoms with Gasteiger partial charge in [0.05, 0.1) is 0 Å². The molecule has 5 rings (SSSR count). The molecule has 2 saturated heterocycles. The summed E-state index contributed by atoms with van der Waals surface area (Å²) in [5.74, 6) is 2.01. The lowest BCUT2D eigenvalue weighted by Crippen LogP contribution is -2.44. The van der Waals surface area contributed by atoms with Gasteiger partial charge in [-0.15, -0.1) is 0 Å². The first-order valence-electron chi connectivity index (χ1n) is 11.5. The van der Waals surface area contributed by atoms with Gasteiger partial charge in [0.1, 0.15) is 11.9 Å². The van der Waals surface area contributed by atoms with Gasteiger partial charge in [0.2, 0.25) is 0 Å². The van der Waals surface area contributed by atoms with Gasteiger partial charge in [-0.05, 0) is 80.5 Å². The fraction of sp³-hybridized carbons (Fsp3) is 0.500. The van der Waals surface area contributed by atoms with Gasteiger partial charge in [0.25, 0.3) is 5.91 Å². The molecule has 2 aromatic rings. The van der Waals surface area contributed by atoms with Crippen molar-refractivity contribution in [2.24, 2.45) is 5.92 Å². The van der Waals surface area contributed by atoms with E-state index in [-0.39, 0.29) is 5.91 Å². The number of carbonyl (C=O) groups excluding carboxylic acids is 1. The lowest BCUT2D eigenvalue weighted by Gasteiger charge is -2.37. The average molecular weight is 405 g/mol. The summed E-state index contributed by atoms with van der Waals surface area (Å²) >= 11 is 0. The van der Waals surface area contributed by atoms with Gasteiger partial charge >= 0.3 is 0 Å². The monoisotopic (exact) mass is 404 g/mol. The zero-order chi connectivity index (χ0) is 20.5. The first-order chi connectivity index (χ1) is 14.7. The molecule has 2 unspecified atom stereocenters. The molecule has 2 heterocycles. The second-order valence-corrected chi connectivity index (χ2v) is 9.25. The molecule has 0 aromatic heterocycles. The van der Waals surface area contributed by atoms with Gasteiger partial charge in [-0.3, -0.25) is 4.79 Å². The van der Waals surface area contributed by atoms with Crippen molar-refractivity contribution < 1.29 is 9.53 Å². The molecule has 0 bridgehead atoms. The Morgan fingerprint density at radius 3 is 2.13 bits per heavy atom. The Labute approximate surface area is 179 Å². The lowest BCUT2D eigenvalue weighted by molar-refractivity contribution is 0.0624. The van der Waals surface area contributed by atoms with Gasteiger partial charge < -0.3 is 14.5 Å². The van der Waals surface area contributed by atoms with Crippen LogP contribution in [0.4, 0.5) is 0 Å². The Morgan fingerprint density at radius 2 is 1.50 bits per heavy atom. The summed E-state index contributed by atoms with van der Waals surface area (Å²) in [7, 11) is 2.26. The van der Waals surface area contributed by atoms with Gasteiger partial charge in [0.15, 0.2) is 0 Å². The average Bonchev–Trinajstić information content (AvgIpc) is 3.48. The lowest BCUT2D eigenvalue weighted by atomic mass is 9.96. The first-order valence-corrected chi connectivity index (χ1v) is 11.5. The normalized spacial score (nSPS) is 24.8. The molecule has 0 N–H and O–H groups in total. The van der Waals surface area contributed by atoms with Crippen molar-refractivity contribution in [3.8, 4) is 16.9 Å². The highest BCUT2D eigenvalue weighted by atomic mass is 16.5. The number of likely N-dealkylation sites (tertiary alicyclic amines) is 2. The van der Waals surface area contributed by atoms with E-state index in [0.717, 1.165) is 73.7 Å². The quantitative estimate of drug-likeness (QED) is 0.715. The predicted octanol–water partition coefficient (Wildman–Crippen LogP) is 4.84. The van der Waals surface area contributed by atoms with Crippen LogP contribution in [-0.2, 0) is 0 Å². The van der Waals surface area contributed by atoms with Crippen LogP contribution in [0.15, 0.2) is 48.5 Å². The van der Waals surface area contributed by atoms with Crippen LogP contribution in [0.2, 0.25) is 0 Å². The third kappa shape index (κ3) is 4.24. The van der Waals surface area contributed by atoms with Crippen molar-refractivity contribution in [1.29, 1.82) is 0 Å². The Balaban J connectivity index is 1.21. The summed E-state index contributed by atoms with van der Waals surface area (Å²) in [5, 5.41) is 0. The maximum absolute atomic E-state index is 12.5. The molecule has 3 fully saturated rings. The van der Waals surface area contributed by atoms with E-state index >= 15 is 0 Å². The SMILES string of the molecule is CN1CCC(Oc2ccc(-c3ccc(C(=O)N4CCCC4)cc3)cc2)CC1C1CC1. The summed E-state index contributed by atoms with van der Waals surface area (Å²) in [6, 6.07) is 17.1. The van der Waals surface area contributed by atoms with Gasteiger partial charge in [-0.2, -0.15) is 0 Å². The van der Waals surface area contributed by atoms with Crippen LogP contribution in [0.5, 0.6) is 5.75 Å². The molecule has 3 aliphatic rings. The molecule has 30 heavy (non-hydrogen) atoms. The van der Waals surface area contributed by atoms with E-state index in [0.29, 0.717) is 12.1 Å². The van der Waals surface area contributed by atoms with Crippen LogP contribution in [0.3, 0.4) is 0 Å². The number of hydrogen-bond acceptors (Lipinski definition) is 3. The van der Waals surface area contributed by atoms with Gasteiger partial charge in [0, 0.05) is 37.7 Å². The van der Waals surface area contributed by atoms with E-state index < -0.39 is 0 Å². The number of benzene rings is 2. The molecule has 1 saturated carbocycles. The highest BCUT2D eigenvalue weighted by Gasteiger charge is 2.38. The molecule has 4 heteroatoms. The number of nitrogens with zero attached hydrogens (tertiary/aromatic N) is 2. The summed E-state index contributed by atoms with van der Waals surface area (Å²) < 4.78 is 6.33. The van der Waals surface area contributed by atoms with Crippen molar-refractivity contribution in [3.63, 3.8) is 0 Å². The molecule has 158 valence electrons. The Bertz CT molecular complexity index is 867. The van der Waals surface area contributed by atoms with Crippen LogP contribution >= 0.6 is 0 Å². The topological polar surface area (TPSA) is 32.8 Å². The summed E-state index contributed by atoms with van der Waals surface area (Å²) in [6.07, 6.45) is 7.60. The minimum atomic E-state index is 0.158. The van der Waals surface area contributed by atoms with Crippen molar-refractivity contribution >= 4 is 5.91 Å². The van der Waals surface area contributed by atoms with Crippen LogP contribution in [-0.4, -0.2) is 54.5 Å². The highest BCUT2D eigenvalue weighted by molar-refractivity contribution is 5.94. The maximum atomic E-state index is 12.5. The zero-order valence-corrected chi connectivity index (χ0v) is 17.9. The molecular weight excluding hydrogens is 372 g/mol. The smallest absolute Gasteiger partial charge is 0.253 e. The van der Waals surface area contributed by atoms with Crippen molar-refractivity contribution in [2.45, 2.75) is 50.7 Å². The van der Waals surface area contributed by atoms with Crippen LogP contribution in [0.1, 0.15) is 48.9 Å². The molecule has 4 nitrogen and oxygen atoms in total. The zero-order valence-electron chi connectivity index (χ0n) is 17.9. The van der Waals surface area contributed by atoms with Gasteiger partial charge in [-0.25, -0.2) is 0 Å². The fourth-order valence-corrected chi connectivity index (χ4v) is 5.05. The molecule has 2 aliphatic heterocycles. The van der Waals surface area contributed by atoms with E-state index in [9.17, 15) is 4.79 Å². The Kier molecular flexibility index (Phi) is 5.51. The van der Waals surface area contributed by atoms with Crippen LogP contribution < -0.4 is 4.74 Å². The number of amides is 1. The van der Waals surface area contributed by atoms with E-state index in [2.05, 4.69) is 48.3 Å². The van der Waals surface area contributed by atoms with E-state index in [1.807, 2.05) is 17.0 Å². The minimum Gasteiger partial charge on any atom is -0.490 e. The summed E-state index contributed by atoms with van der Waals surface area (Å²) in [6.45, 7) is 2.91. The molecule has 2 atom stereocenters. The number of hydrogen-bond donors (Lipinski definition) is 0. The third-order valence-corrected chi connectivity index (χ3v) is 7.06. The predicted molar refractivity (Wildman–Crippen MR) is 120 cm³/mol. The Hall–Kier alpha value is -2.33. The molecular formula is C26H32N2O2. The molecule has 1 amide bonds.